The summed E-state index contributed by atoms with van der Waals surface area (Å²) in [5.74, 6) is 0.255. The fraction of sp³-hybridized carbons (Fsp3) is 0.381. The highest BCUT2D eigenvalue weighted by Crippen LogP contribution is 2.25. The topological polar surface area (TPSA) is 84.9 Å². The molecule has 0 aliphatic carbocycles. The van der Waals surface area contributed by atoms with Crippen molar-refractivity contribution in [1.29, 1.82) is 0 Å². The molecule has 3 rings (SSSR count). The number of sulfonamides is 1. The van der Waals surface area contributed by atoms with Crippen LogP contribution < -0.4 is 14.4 Å². The summed E-state index contributed by atoms with van der Waals surface area (Å²) in [6.45, 7) is 3.13. The molecule has 0 spiro atoms. The van der Waals surface area contributed by atoms with Gasteiger partial charge in [-0.05, 0) is 56.2 Å². The fourth-order valence-corrected chi connectivity index (χ4v) is 4.57. The lowest BCUT2D eigenvalue weighted by Gasteiger charge is -2.24. The lowest BCUT2D eigenvalue weighted by atomic mass is 10.2. The molecule has 29 heavy (non-hydrogen) atoms. The molecule has 0 radical (unpaired) electrons. The molecule has 0 unspecified atom stereocenters. The van der Waals surface area contributed by atoms with E-state index in [-0.39, 0.29) is 23.5 Å². The van der Waals surface area contributed by atoms with Crippen molar-refractivity contribution in [2.45, 2.75) is 30.8 Å². The fourth-order valence-electron chi connectivity index (χ4n) is 3.13. The number of nitrogens with one attached hydrogen (secondary N) is 1. The van der Waals surface area contributed by atoms with Crippen LogP contribution in [0.1, 0.15) is 19.8 Å². The molecular formula is C21H26N2O5S. The van der Waals surface area contributed by atoms with E-state index < -0.39 is 10.0 Å². The molecule has 1 amide bonds. The van der Waals surface area contributed by atoms with Crippen LogP contribution in [0, 0.1) is 0 Å². The third kappa shape index (κ3) is 5.48. The summed E-state index contributed by atoms with van der Waals surface area (Å²) in [6.07, 6.45) is 1.86. The second-order valence-electron chi connectivity index (χ2n) is 6.69. The van der Waals surface area contributed by atoms with Crippen molar-refractivity contribution in [3.05, 3.63) is 54.6 Å². The number of carbonyl (C=O) groups excluding carboxylic acids is 1. The van der Waals surface area contributed by atoms with E-state index in [1.165, 1.54) is 12.1 Å². The van der Waals surface area contributed by atoms with Gasteiger partial charge in [0.05, 0.1) is 23.3 Å². The minimum Gasteiger partial charge on any atom is -0.494 e. The van der Waals surface area contributed by atoms with Gasteiger partial charge in [0.1, 0.15) is 12.3 Å². The Morgan fingerprint density at radius 1 is 1.17 bits per heavy atom. The number of hydrogen-bond donors (Lipinski definition) is 1. The summed E-state index contributed by atoms with van der Waals surface area (Å²) >= 11 is 0. The molecule has 0 bridgehead atoms. The molecule has 0 saturated carbocycles. The standard InChI is InChI=1S/C21H26N2O5S/c1-2-27-18-12-10-17(11-13-18)23(29(25,26)20-8-4-3-5-9-20)16-21(24)22-15-19-7-6-14-28-19/h3-5,8-13,19H,2,6-7,14-16H2,1H3,(H,22,24)/t19-/m0/s1. The smallest absolute Gasteiger partial charge is 0.264 e. The van der Waals surface area contributed by atoms with Crippen molar-refractivity contribution in [2.75, 3.05) is 30.6 Å². The third-order valence-electron chi connectivity index (χ3n) is 4.61. The first kappa shape index (κ1) is 21.1. The van der Waals surface area contributed by atoms with Crippen LogP contribution >= 0.6 is 0 Å². The molecule has 8 heteroatoms. The highest BCUT2D eigenvalue weighted by Gasteiger charge is 2.27. The van der Waals surface area contributed by atoms with Crippen LogP contribution in [-0.4, -0.2) is 46.7 Å². The van der Waals surface area contributed by atoms with Crippen molar-refractivity contribution >= 4 is 21.6 Å². The summed E-state index contributed by atoms with van der Waals surface area (Å²) in [4.78, 5) is 12.7. The Morgan fingerprint density at radius 3 is 2.52 bits per heavy atom. The molecule has 7 nitrogen and oxygen atoms in total. The van der Waals surface area contributed by atoms with Crippen molar-refractivity contribution in [1.82, 2.24) is 5.32 Å². The van der Waals surface area contributed by atoms with Crippen LogP contribution in [0.3, 0.4) is 0 Å². The second-order valence-corrected chi connectivity index (χ2v) is 8.55. The zero-order valence-corrected chi connectivity index (χ0v) is 17.2. The van der Waals surface area contributed by atoms with E-state index in [0.717, 1.165) is 17.1 Å². The van der Waals surface area contributed by atoms with E-state index >= 15 is 0 Å². The minimum atomic E-state index is -3.91. The van der Waals surface area contributed by atoms with Crippen molar-refractivity contribution in [3.63, 3.8) is 0 Å². The quantitative estimate of drug-likeness (QED) is 0.677. The molecule has 1 aliphatic heterocycles. The number of anilines is 1. The van der Waals surface area contributed by atoms with Gasteiger partial charge in [-0.15, -0.1) is 0 Å². The van der Waals surface area contributed by atoms with Gasteiger partial charge in [-0.3, -0.25) is 9.10 Å². The van der Waals surface area contributed by atoms with Crippen molar-refractivity contribution in [3.8, 4) is 5.75 Å². The predicted octanol–water partition coefficient (Wildman–Crippen LogP) is 2.58. The number of hydrogen-bond acceptors (Lipinski definition) is 5. The van der Waals surface area contributed by atoms with Gasteiger partial charge in [0, 0.05) is 13.2 Å². The number of nitrogens with zero attached hydrogens (tertiary/aromatic N) is 1. The largest absolute Gasteiger partial charge is 0.494 e. The van der Waals surface area contributed by atoms with Crippen LogP contribution in [0.25, 0.3) is 0 Å². The molecule has 1 aliphatic rings. The molecule has 156 valence electrons. The summed E-state index contributed by atoms with van der Waals surface area (Å²) < 4.78 is 38.5. The van der Waals surface area contributed by atoms with Gasteiger partial charge in [-0.1, -0.05) is 18.2 Å². The molecule has 2 aromatic rings. The number of rotatable bonds is 9. The molecule has 1 fully saturated rings. The van der Waals surface area contributed by atoms with Crippen molar-refractivity contribution < 1.29 is 22.7 Å². The van der Waals surface area contributed by atoms with Crippen LogP contribution in [0.5, 0.6) is 5.75 Å². The van der Waals surface area contributed by atoms with Gasteiger partial charge in [-0.25, -0.2) is 8.42 Å². The van der Waals surface area contributed by atoms with Gasteiger partial charge < -0.3 is 14.8 Å². The highest BCUT2D eigenvalue weighted by molar-refractivity contribution is 7.92. The van der Waals surface area contributed by atoms with Gasteiger partial charge in [0.25, 0.3) is 10.0 Å². The maximum atomic E-state index is 13.2. The molecule has 1 saturated heterocycles. The maximum Gasteiger partial charge on any atom is 0.264 e. The van der Waals surface area contributed by atoms with Gasteiger partial charge in [0.2, 0.25) is 5.91 Å². The average Bonchev–Trinajstić information content (AvgIpc) is 3.26. The van der Waals surface area contributed by atoms with Gasteiger partial charge >= 0.3 is 0 Å². The zero-order valence-electron chi connectivity index (χ0n) is 16.4. The average molecular weight is 419 g/mol. The van der Waals surface area contributed by atoms with Gasteiger partial charge in [0.15, 0.2) is 0 Å². The first-order chi connectivity index (χ1) is 14.0. The van der Waals surface area contributed by atoms with E-state index in [4.69, 9.17) is 9.47 Å². The van der Waals surface area contributed by atoms with E-state index in [9.17, 15) is 13.2 Å². The lowest BCUT2D eigenvalue weighted by Crippen LogP contribution is -2.42. The number of ether oxygens (including phenoxy) is 2. The number of benzene rings is 2. The molecule has 0 aromatic heterocycles. The Hall–Kier alpha value is -2.58. The second kappa shape index (κ2) is 9.76. The van der Waals surface area contributed by atoms with E-state index in [1.807, 2.05) is 6.92 Å². The van der Waals surface area contributed by atoms with Gasteiger partial charge in [-0.2, -0.15) is 0 Å². The van der Waals surface area contributed by atoms with Crippen molar-refractivity contribution in [2.24, 2.45) is 0 Å². The Labute approximate surface area is 171 Å². The number of carbonyl (C=O) groups is 1. The maximum absolute atomic E-state index is 13.2. The summed E-state index contributed by atoms with van der Waals surface area (Å²) in [5.41, 5.74) is 0.393. The van der Waals surface area contributed by atoms with Crippen LogP contribution in [-0.2, 0) is 19.6 Å². The van der Waals surface area contributed by atoms with E-state index in [1.54, 1.807) is 42.5 Å². The molecule has 1 atom stereocenters. The molecule has 1 N–H and O–H groups in total. The van der Waals surface area contributed by atoms with E-state index in [2.05, 4.69) is 5.32 Å². The van der Waals surface area contributed by atoms with Crippen LogP contribution in [0.15, 0.2) is 59.5 Å². The normalized spacial score (nSPS) is 16.4. The third-order valence-corrected chi connectivity index (χ3v) is 6.39. The first-order valence-corrected chi connectivity index (χ1v) is 11.1. The van der Waals surface area contributed by atoms with Crippen LogP contribution in [0.4, 0.5) is 5.69 Å². The summed E-state index contributed by atoms with van der Waals surface area (Å²) in [6, 6.07) is 14.7. The molecule has 2 aromatic carbocycles. The molecular weight excluding hydrogens is 392 g/mol. The summed E-state index contributed by atoms with van der Waals surface area (Å²) in [5, 5.41) is 2.79. The SMILES string of the molecule is CCOc1ccc(N(CC(=O)NC[C@@H]2CCCO2)S(=O)(=O)c2ccccc2)cc1. The Kier molecular flexibility index (Phi) is 7.11. The number of amides is 1. The lowest BCUT2D eigenvalue weighted by molar-refractivity contribution is -0.120. The minimum absolute atomic E-state index is 0.0105. The zero-order chi connectivity index (χ0) is 20.7. The van der Waals surface area contributed by atoms with Crippen LogP contribution in [0.2, 0.25) is 0 Å². The first-order valence-electron chi connectivity index (χ1n) is 9.69. The Balaban J connectivity index is 1.81. The highest BCUT2D eigenvalue weighted by atomic mass is 32.2. The monoisotopic (exact) mass is 418 g/mol. The van der Waals surface area contributed by atoms with E-state index in [0.29, 0.717) is 31.2 Å². The summed E-state index contributed by atoms with van der Waals surface area (Å²) in [7, 11) is -3.91. The molecule has 1 heterocycles. The Morgan fingerprint density at radius 2 is 1.90 bits per heavy atom. The predicted molar refractivity (Wildman–Crippen MR) is 111 cm³/mol. The Bertz CT molecular complexity index is 894.